The van der Waals surface area contributed by atoms with Crippen LogP contribution < -0.4 is 10.2 Å². The number of H-pyrrole nitrogens is 1. The van der Waals surface area contributed by atoms with Gasteiger partial charge in [0.25, 0.3) is 5.91 Å². The standard InChI is InChI=1S/C18H25ClN6O3S/c1-5-10-14(19)23-15(21-10)16(26)22-11-6-7-25(8-12(11)24(3)4)18-20-9(2)13(29-18)17(27)28/h11-12H,5-8H2,1-4H3,(H,21,23)(H,22,26)(H,27,28)/t11-,12-/m0/s1. The van der Waals surface area contributed by atoms with Gasteiger partial charge in [-0.1, -0.05) is 29.9 Å². The minimum Gasteiger partial charge on any atom is -0.477 e. The van der Waals surface area contributed by atoms with Gasteiger partial charge in [-0.2, -0.15) is 0 Å². The second-order valence-corrected chi connectivity index (χ2v) is 8.61. The maximum Gasteiger partial charge on any atom is 0.347 e. The molecule has 0 saturated carbocycles. The smallest absolute Gasteiger partial charge is 0.347 e. The van der Waals surface area contributed by atoms with E-state index in [1.54, 1.807) is 6.92 Å². The fourth-order valence-electron chi connectivity index (χ4n) is 3.48. The number of piperidine rings is 1. The van der Waals surface area contributed by atoms with Crippen LogP contribution >= 0.6 is 22.9 Å². The van der Waals surface area contributed by atoms with E-state index >= 15 is 0 Å². The summed E-state index contributed by atoms with van der Waals surface area (Å²) >= 11 is 7.24. The van der Waals surface area contributed by atoms with Crippen molar-refractivity contribution in [2.45, 2.75) is 38.8 Å². The number of hydrogen-bond acceptors (Lipinski definition) is 7. The molecule has 11 heteroatoms. The molecule has 0 aromatic carbocycles. The number of nitrogens with zero attached hydrogens (tertiary/aromatic N) is 4. The molecule has 3 heterocycles. The molecule has 1 saturated heterocycles. The third-order valence-corrected chi connectivity index (χ3v) is 6.63. The normalized spacial score (nSPS) is 19.6. The van der Waals surface area contributed by atoms with Gasteiger partial charge < -0.3 is 25.2 Å². The van der Waals surface area contributed by atoms with Gasteiger partial charge in [-0.15, -0.1) is 0 Å². The topological polar surface area (TPSA) is 114 Å². The van der Waals surface area contributed by atoms with E-state index in [4.69, 9.17) is 11.6 Å². The molecule has 0 unspecified atom stereocenters. The number of aromatic amines is 1. The van der Waals surface area contributed by atoms with Crippen LogP contribution in [0, 0.1) is 6.92 Å². The SMILES string of the molecule is CCc1[nH]c(C(=O)N[C@H]2CCN(c3nc(C)c(C(=O)O)s3)C[C@@H]2N(C)C)nc1Cl. The number of aromatic carboxylic acids is 1. The molecule has 158 valence electrons. The predicted octanol–water partition coefficient (Wildman–Crippen LogP) is 2.03. The lowest BCUT2D eigenvalue weighted by molar-refractivity contribution is 0.0700. The van der Waals surface area contributed by atoms with Gasteiger partial charge >= 0.3 is 5.97 Å². The molecule has 2 aromatic heterocycles. The van der Waals surface area contributed by atoms with E-state index in [-0.39, 0.29) is 28.7 Å². The number of carbonyl (C=O) groups excluding carboxylic acids is 1. The van der Waals surface area contributed by atoms with Gasteiger partial charge in [-0.05, 0) is 33.9 Å². The van der Waals surface area contributed by atoms with E-state index in [0.29, 0.717) is 41.9 Å². The maximum atomic E-state index is 12.7. The van der Waals surface area contributed by atoms with Crippen LogP contribution in [-0.4, -0.2) is 76.1 Å². The number of halogens is 1. The lowest BCUT2D eigenvalue weighted by atomic mass is 9.98. The van der Waals surface area contributed by atoms with Crippen LogP contribution in [0.2, 0.25) is 5.15 Å². The Balaban J connectivity index is 1.72. The van der Waals surface area contributed by atoms with Crippen molar-refractivity contribution < 1.29 is 14.7 Å². The van der Waals surface area contributed by atoms with Crippen LogP contribution in [0.15, 0.2) is 0 Å². The Kier molecular flexibility index (Phi) is 6.45. The number of imidazole rings is 1. The highest BCUT2D eigenvalue weighted by Gasteiger charge is 2.34. The van der Waals surface area contributed by atoms with Crippen molar-refractivity contribution in [1.29, 1.82) is 0 Å². The highest BCUT2D eigenvalue weighted by molar-refractivity contribution is 7.17. The largest absolute Gasteiger partial charge is 0.477 e. The Morgan fingerprint density at radius 1 is 1.41 bits per heavy atom. The number of amides is 1. The van der Waals surface area contributed by atoms with Crippen LogP contribution in [0.1, 0.15) is 45.0 Å². The number of hydrogen-bond donors (Lipinski definition) is 3. The average Bonchev–Trinajstić information content (AvgIpc) is 3.24. The number of likely N-dealkylation sites (N-methyl/N-ethyl adjacent to an activating group) is 1. The average molecular weight is 441 g/mol. The van der Waals surface area contributed by atoms with Gasteiger partial charge in [-0.3, -0.25) is 4.79 Å². The number of rotatable bonds is 6. The number of aryl methyl sites for hydroxylation is 2. The van der Waals surface area contributed by atoms with Crippen molar-refractivity contribution in [3.05, 3.63) is 27.2 Å². The first-order valence-electron chi connectivity index (χ1n) is 9.38. The monoisotopic (exact) mass is 440 g/mol. The summed E-state index contributed by atoms with van der Waals surface area (Å²) in [7, 11) is 3.92. The van der Waals surface area contributed by atoms with E-state index in [1.165, 1.54) is 11.3 Å². The molecule has 1 aliphatic heterocycles. The van der Waals surface area contributed by atoms with E-state index in [2.05, 4.69) is 30.1 Å². The molecule has 1 amide bonds. The Hall–Kier alpha value is -2.17. The highest BCUT2D eigenvalue weighted by atomic mass is 35.5. The Morgan fingerprint density at radius 2 is 2.14 bits per heavy atom. The fraction of sp³-hybridized carbons (Fsp3) is 0.556. The second kappa shape index (κ2) is 8.68. The molecule has 0 spiro atoms. The molecule has 0 radical (unpaired) electrons. The first-order chi connectivity index (χ1) is 13.7. The third-order valence-electron chi connectivity index (χ3n) is 5.11. The first-order valence-corrected chi connectivity index (χ1v) is 10.6. The van der Waals surface area contributed by atoms with Gasteiger partial charge in [0.05, 0.1) is 11.4 Å². The molecule has 0 bridgehead atoms. The molecule has 0 aliphatic carbocycles. The van der Waals surface area contributed by atoms with E-state index < -0.39 is 5.97 Å². The molecule has 29 heavy (non-hydrogen) atoms. The molecule has 3 rings (SSSR count). The quantitative estimate of drug-likeness (QED) is 0.629. The lowest BCUT2D eigenvalue weighted by Gasteiger charge is -2.41. The predicted molar refractivity (Wildman–Crippen MR) is 112 cm³/mol. The van der Waals surface area contributed by atoms with Gasteiger partial charge in [0.2, 0.25) is 0 Å². The molecule has 3 N–H and O–H groups in total. The molecular formula is C18H25ClN6O3S. The van der Waals surface area contributed by atoms with Crippen molar-refractivity contribution in [3.8, 4) is 0 Å². The number of aromatic nitrogens is 3. The second-order valence-electron chi connectivity index (χ2n) is 7.27. The molecule has 2 atom stereocenters. The molecule has 1 fully saturated rings. The van der Waals surface area contributed by atoms with E-state index in [0.717, 1.165) is 5.69 Å². The van der Waals surface area contributed by atoms with Gasteiger partial charge in [0.15, 0.2) is 16.1 Å². The summed E-state index contributed by atoms with van der Waals surface area (Å²) in [4.78, 5) is 39.9. The van der Waals surface area contributed by atoms with Gasteiger partial charge in [-0.25, -0.2) is 14.8 Å². The summed E-state index contributed by atoms with van der Waals surface area (Å²) < 4.78 is 0. The summed E-state index contributed by atoms with van der Waals surface area (Å²) in [5, 5.41) is 13.4. The summed E-state index contributed by atoms with van der Waals surface area (Å²) in [6.07, 6.45) is 1.37. The zero-order chi connectivity index (χ0) is 21.3. The zero-order valence-corrected chi connectivity index (χ0v) is 18.4. The van der Waals surface area contributed by atoms with Crippen molar-refractivity contribution in [2.75, 3.05) is 32.1 Å². The number of thiazole rings is 1. The molecule has 2 aromatic rings. The van der Waals surface area contributed by atoms with Crippen molar-refractivity contribution in [3.63, 3.8) is 0 Å². The highest BCUT2D eigenvalue weighted by Crippen LogP contribution is 2.29. The van der Waals surface area contributed by atoms with Crippen LogP contribution in [0.25, 0.3) is 0 Å². The number of carbonyl (C=O) groups is 2. The Labute approximate surface area is 178 Å². The lowest BCUT2D eigenvalue weighted by Crippen LogP contribution is -2.59. The number of anilines is 1. The molecular weight excluding hydrogens is 416 g/mol. The number of carboxylic acid groups (broad SMARTS) is 1. The van der Waals surface area contributed by atoms with E-state index in [1.807, 2.05) is 21.0 Å². The summed E-state index contributed by atoms with van der Waals surface area (Å²) in [5.74, 6) is -1.02. The van der Waals surface area contributed by atoms with Crippen LogP contribution in [0.3, 0.4) is 0 Å². The number of nitrogens with one attached hydrogen (secondary N) is 2. The minimum absolute atomic E-state index is 0.0289. The van der Waals surface area contributed by atoms with Crippen LogP contribution in [-0.2, 0) is 6.42 Å². The molecule has 1 aliphatic rings. The maximum absolute atomic E-state index is 12.7. The summed E-state index contributed by atoms with van der Waals surface area (Å²) in [5.41, 5.74) is 1.26. The fourth-order valence-corrected chi connectivity index (χ4v) is 4.69. The van der Waals surface area contributed by atoms with Crippen molar-refractivity contribution >= 4 is 39.9 Å². The van der Waals surface area contributed by atoms with E-state index in [9.17, 15) is 14.7 Å². The van der Waals surface area contributed by atoms with Gasteiger partial charge in [0.1, 0.15) is 4.88 Å². The number of carboxylic acids is 1. The van der Waals surface area contributed by atoms with Crippen molar-refractivity contribution in [1.82, 2.24) is 25.2 Å². The summed E-state index contributed by atoms with van der Waals surface area (Å²) in [6, 6.07) is -0.0519. The Bertz CT molecular complexity index is 912. The Morgan fingerprint density at radius 3 is 2.69 bits per heavy atom. The van der Waals surface area contributed by atoms with Crippen LogP contribution in [0.4, 0.5) is 5.13 Å². The zero-order valence-electron chi connectivity index (χ0n) is 16.8. The summed E-state index contributed by atoms with van der Waals surface area (Å²) in [6.45, 7) is 4.94. The minimum atomic E-state index is -0.957. The van der Waals surface area contributed by atoms with Crippen molar-refractivity contribution in [2.24, 2.45) is 0 Å². The third kappa shape index (κ3) is 4.54. The molecule has 9 nitrogen and oxygen atoms in total. The first kappa shape index (κ1) is 21.5. The van der Waals surface area contributed by atoms with Crippen LogP contribution in [0.5, 0.6) is 0 Å². The van der Waals surface area contributed by atoms with Gasteiger partial charge in [0, 0.05) is 25.2 Å².